The van der Waals surface area contributed by atoms with Gasteiger partial charge in [0, 0.05) is 38.3 Å². The predicted octanol–water partition coefficient (Wildman–Crippen LogP) is 1.24. The third-order valence-corrected chi connectivity index (χ3v) is 4.48. The first-order valence-corrected chi connectivity index (χ1v) is 7.48. The van der Waals surface area contributed by atoms with Crippen LogP contribution in [0.3, 0.4) is 0 Å². The first-order valence-electron chi connectivity index (χ1n) is 7.48. The Morgan fingerprint density at radius 3 is 3.05 bits per heavy atom. The fourth-order valence-electron chi connectivity index (χ4n) is 3.45. The second-order valence-electron chi connectivity index (χ2n) is 5.81. The van der Waals surface area contributed by atoms with Crippen LogP contribution in [0.15, 0.2) is 12.3 Å². The molecule has 0 unspecified atom stereocenters. The maximum Gasteiger partial charge on any atom is 0.287 e. The zero-order chi connectivity index (χ0) is 15.0. The Kier molecular flexibility index (Phi) is 3.67. The molecule has 3 heterocycles. The lowest BCUT2D eigenvalue weighted by atomic mass is 10.1. The molecule has 0 aromatic carbocycles. The molecule has 7 nitrogen and oxygen atoms in total. The van der Waals surface area contributed by atoms with Gasteiger partial charge in [-0.2, -0.15) is 0 Å². The zero-order valence-corrected chi connectivity index (χ0v) is 12.1. The van der Waals surface area contributed by atoms with Gasteiger partial charge in [0.15, 0.2) is 0 Å². The molecular formula is C14H20N4O3. The van der Waals surface area contributed by atoms with Crippen molar-refractivity contribution in [3.05, 3.63) is 28.1 Å². The summed E-state index contributed by atoms with van der Waals surface area (Å²) in [5.41, 5.74) is 0.434. The third kappa shape index (κ3) is 2.42. The van der Waals surface area contributed by atoms with Gasteiger partial charge in [-0.15, -0.1) is 0 Å². The molecule has 0 radical (unpaired) electrons. The second-order valence-corrected chi connectivity index (χ2v) is 5.81. The summed E-state index contributed by atoms with van der Waals surface area (Å²) in [6.45, 7) is 5.15. The van der Waals surface area contributed by atoms with E-state index >= 15 is 0 Å². The molecule has 0 spiro atoms. The van der Waals surface area contributed by atoms with Crippen molar-refractivity contribution < 1.29 is 9.72 Å². The van der Waals surface area contributed by atoms with Crippen molar-refractivity contribution in [3.63, 3.8) is 0 Å². The number of aryl methyl sites for hydroxylation is 1. The topological polar surface area (TPSA) is 80.4 Å². The highest BCUT2D eigenvalue weighted by Crippen LogP contribution is 2.29. The Labute approximate surface area is 123 Å². The average molecular weight is 292 g/mol. The Hall–Kier alpha value is -1.89. The molecule has 7 heteroatoms. The fourth-order valence-corrected chi connectivity index (χ4v) is 3.45. The molecule has 1 aromatic heterocycles. The van der Waals surface area contributed by atoms with Crippen molar-refractivity contribution in [3.8, 4) is 0 Å². The van der Waals surface area contributed by atoms with Crippen LogP contribution in [0, 0.1) is 16.0 Å². The van der Waals surface area contributed by atoms with Gasteiger partial charge in [0.1, 0.15) is 5.69 Å². The summed E-state index contributed by atoms with van der Waals surface area (Å²) >= 11 is 0. The average Bonchev–Trinajstić information content (AvgIpc) is 3.12. The lowest BCUT2D eigenvalue weighted by Gasteiger charge is -2.23. The molecule has 0 saturated carbocycles. The molecule has 2 aliphatic rings. The van der Waals surface area contributed by atoms with E-state index in [0.717, 1.165) is 32.5 Å². The number of nitrogens with zero attached hydrogens (tertiary/aromatic N) is 3. The molecule has 21 heavy (non-hydrogen) atoms. The first-order chi connectivity index (χ1) is 10.1. The van der Waals surface area contributed by atoms with Crippen molar-refractivity contribution in [2.45, 2.75) is 32.4 Å². The highest BCUT2D eigenvalue weighted by atomic mass is 16.6. The molecule has 3 rings (SSSR count). The van der Waals surface area contributed by atoms with Gasteiger partial charge in [0.2, 0.25) is 0 Å². The minimum atomic E-state index is -0.438. The number of hydrogen-bond acceptors (Lipinski definition) is 4. The van der Waals surface area contributed by atoms with Crippen LogP contribution < -0.4 is 5.32 Å². The van der Waals surface area contributed by atoms with Crippen LogP contribution in [0.2, 0.25) is 0 Å². The van der Waals surface area contributed by atoms with E-state index in [1.165, 1.54) is 12.3 Å². The molecule has 2 saturated heterocycles. The highest BCUT2D eigenvalue weighted by molar-refractivity contribution is 5.94. The summed E-state index contributed by atoms with van der Waals surface area (Å²) in [4.78, 5) is 25.2. The van der Waals surface area contributed by atoms with Crippen LogP contribution in [0.25, 0.3) is 0 Å². The number of likely N-dealkylation sites (tertiary alicyclic amines) is 1. The van der Waals surface area contributed by atoms with E-state index in [1.807, 2.05) is 11.8 Å². The highest BCUT2D eigenvalue weighted by Gasteiger charge is 2.41. The smallest absolute Gasteiger partial charge is 0.287 e. The molecule has 2 aliphatic heterocycles. The number of carbonyl (C=O) groups is 1. The summed E-state index contributed by atoms with van der Waals surface area (Å²) < 4.78 is 1.72. The molecule has 2 atom stereocenters. The van der Waals surface area contributed by atoms with Crippen LogP contribution in [0.4, 0.5) is 5.69 Å². The van der Waals surface area contributed by atoms with Crippen LogP contribution >= 0.6 is 0 Å². The van der Waals surface area contributed by atoms with E-state index in [0.29, 0.717) is 18.2 Å². The van der Waals surface area contributed by atoms with E-state index < -0.39 is 4.92 Å². The van der Waals surface area contributed by atoms with Gasteiger partial charge in [-0.25, -0.2) is 0 Å². The molecule has 0 aliphatic carbocycles. The van der Waals surface area contributed by atoms with Crippen molar-refractivity contribution >= 4 is 11.6 Å². The van der Waals surface area contributed by atoms with E-state index in [2.05, 4.69) is 5.32 Å². The predicted molar refractivity (Wildman–Crippen MR) is 77.2 cm³/mol. The summed E-state index contributed by atoms with van der Waals surface area (Å²) in [6.07, 6.45) is 3.32. The Bertz CT molecular complexity index is 569. The number of fused-ring (bicyclic) bond motifs is 1. The van der Waals surface area contributed by atoms with Gasteiger partial charge < -0.3 is 14.8 Å². The van der Waals surface area contributed by atoms with Gasteiger partial charge in [-0.1, -0.05) is 6.92 Å². The van der Waals surface area contributed by atoms with E-state index in [1.54, 1.807) is 4.57 Å². The van der Waals surface area contributed by atoms with Gasteiger partial charge >= 0.3 is 0 Å². The third-order valence-electron chi connectivity index (χ3n) is 4.48. The SMILES string of the molecule is CCCn1cc([N+](=O)[O-])cc1C(=O)N1CC[C@H]2CNC[C@H]21. The van der Waals surface area contributed by atoms with Crippen molar-refractivity contribution in [2.75, 3.05) is 19.6 Å². The lowest BCUT2D eigenvalue weighted by molar-refractivity contribution is -0.384. The van der Waals surface area contributed by atoms with Crippen LogP contribution in [0.1, 0.15) is 30.3 Å². The molecule has 114 valence electrons. The molecule has 0 bridgehead atoms. The number of hydrogen-bond donors (Lipinski definition) is 1. The van der Waals surface area contributed by atoms with Gasteiger partial charge in [-0.3, -0.25) is 14.9 Å². The first kappa shape index (κ1) is 14.1. The van der Waals surface area contributed by atoms with Gasteiger partial charge in [0.25, 0.3) is 11.6 Å². The number of carbonyl (C=O) groups excluding carboxylic acids is 1. The van der Waals surface area contributed by atoms with Gasteiger partial charge in [0.05, 0.1) is 11.1 Å². The summed E-state index contributed by atoms with van der Waals surface area (Å²) in [5, 5.41) is 14.3. The maximum absolute atomic E-state index is 12.8. The quantitative estimate of drug-likeness (QED) is 0.669. The van der Waals surface area contributed by atoms with Gasteiger partial charge in [-0.05, 0) is 18.8 Å². The van der Waals surface area contributed by atoms with Crippen LogP contribution in [-0.2, 0) is 6.54 Å². The Balaban J connectivity index is 1.88. The van der Waals surface area contributed by atoms with Crippen LogP contribution in [0.5, 0.6) is 0 Å². The summed E-state index contributed by atoms with van der Waals surface area (Å²) in [6, 6.07) is 1.65. The molecule has 1 N–H and O–H groups in total. The van der Waals surface area contributed by atoms with Crippen molar-refractivity contribution in [2.24, 2.45) is 5.92 Å². The molecule has 1 amide bonds. The van der Waals surface area contributed by atoms with E-state index in [9.17, 15) is 14.9 Å². The molecule has 2 fully saturated rings. The van der Waals surface area contributed by atoms with Crippen molar-refractivity contribution in [1.29, 1.82) is 0 Å². The number of amides is 1. The van der Waals surface area contributed by atoms with Crippen molar-refractivity contribution in [1.82, 2.24) is 14.8 Å². The monoisotopic (exact) mass is 292 g/mol. The van der Waals surface area contributed by atoms with E-state index in [-0.39, 0.29) is 17.6 Å². The zero-order valence-electron chi connectivity index (χ0n) is 12.1. The number of nitrogens with one attached hydrogen (secondary N) is 1. The summed E-state index contributed by atoms with van der Waals surface area (Å²) in [7, 11) is 0. The minimum Gasteiger partial charge on any atom is -0.337 e. The molecule has 1 aromatic rings. The Morgan fingerprint density at radius 2 is 2.33 bits per heavy atom. The normalized spacial score (nSPS) is 24.3. The largest absolute Gasteiger partial charge is 0.337 e. The van der Waals surface area contributed by atoms with E-state index in [4.69, 9.17) is 0 Å². The van der Waals surface area contributed by atoms with Crippen LogP contribution in [-0.4, -0.2) is 46.0 Å². The maximum atomic E-state index is 12.8. The fraction of sp³-hybridized carbons (Fsp3) is 0.643. The second kappa shape index (κ2) is 5.48. The lowest BCUT2D eigenvalue weighted by Crippen LogP contribution is -2.39. The number of rotatable bonds is 4. The minimum absolute atomic E-state index is 0.00732. The molecular weight excluding hydrogens is 272 g/mol. The standard InChI is InChI=1S/C14H20N4O3/c1-2-4-16-9-11(18(20)21)6-12(16)14(19)17-5-3-10-7-15-8-13(10)17/h6,9-10,13,15H,2-5,7-8H2,1H3/t10-,13+/m0/s1. The number of nitro groups is 1. The number of aromatic nitrogens is 1. The summed E-state index contributed by atoms with van der Waals surface area (Å²) in [5.74, 6) is 0.450. The Morgan fingerprint density at radius 1 is 1.52 bits per heavy atom.